The number of benzene rings is 2. The molecule has 0 aliphatic heterocycles. The lowest BCUT2D eigenvalue weighted by molar-refractivity contribution is 0.497. The Morgan fingerprint density at radius 2 is 1.42 bits per heavy atom. The minimum absolute atomic E-state index is 0.0117. The van der Waals surface area contributed by atoms with Gasteiger partial charge in [-0.25, -0.2) is 17.6 Å². The van der Waals surface area contributed by atoms with E-state index in [1.54, 1.807) is 12.1 Å². The molecule has 0 spiro atoms. The molecule has 4 heteroatoms. The monoisotopic (exact) mass is 364 g/mol. The van der Waals surface area contributed by atoms with Gasteiger partial charge in [0.2, 0.25) is 0 Å². The quantitative estimate of drug-likeness (QED) is 0.258. The number of unbranched alkanes of at least 4 members (excludes halogenated alkanes) is 4. The van der Waals surface area contributed by atoms with E-state index in [9.17, 15) is 17.6 Å². The van der Waals surface area contributed by atoms with Crippen LogP contribution < -0.4 is 0 Å². The zero-order chi connectivity index (χ0) is 19.1. The summed E-state index contributed by atoms with van der Waals surface area (Å²) >= 11 is 0. The van der Waals surface area contributed by atoms with E-state index in [0.29, 0.717) is 0 Å². The fraction of sp³-hybridized carbons (Fsp3) is 0.364. The van der Waals surface area contributed by atoms with Gasteiger partial charge >= 0.3 is 0 Å². The van der Waals surface area contributed by atoms with Gasteiger partial charge < -0.3 is 0 Å². The van der Waals surface area contributed by atoms with Crippen LogP contribution in [0.5, 0.6) is 0 Å². The molecule has 0 radical (unpaired) electrons. The smallest absolute Gasteiger partial charge is 0.169 e. The van der Waals surface area contributed by atoms with Gasteiger partial charge in [0.25, 0.3) is 0 Å². The maximum absolute atomic E-state index is 14.4. The van der Waals surface area contributed by atoms with Gasteiger partial charge in [0.15, 0.2) is 23.3 Å². The lowest BCUT2D eigenvalue weighted by atomic mass is 10.0. The van der Waals surface area contributed by atoms with Gasteiger partial charge in [-0.1, -0.05) is 62.9 Å². The van der Waals surface area contributed by atoms with Crippen LogP contribution in [0, 0.1) is 18.6 Å². The largest absolute Gasteiger partial charge is 0.203 e. The Bertz CT molecular complexity index is 760. The van der Waals surface area contributed by atoms with Gasteiger partial charge in [0, 0.05) is 5.56 Å². The van der Waals surface area contributed by atoms with Gasteiger partial charge in [0.1, 0.15) is 0 Å². The van der Waals surface area contributed by atoms with E-state index < -0.39 is 28.9 Å². The third-order valence-corrected chi connectivity index (χ3v) is 4.48. The topological polar surface area (TPSA) is 0 Å². The van der Waals surface area contributed by atoms with E-state index in [1.807, 2.05) is 0 Å². The van der Waals surface area contributed by atoms with Crippen LogP contribution in [0.1, 0.15) is 61.3 Å². The highest BCUT2D eigenvalue weighted by atomic mass is 19.2. The van der Waals surface area contributed by atoms with Crippen molar-refractivity contribution in [2.24, 2.45) is 0 Å². The van der Waals surface area contributed by atoms with Crippen LogP contribution in [0.3, 0.4) is 0 Å². The summed E-state index contributed by atoms with van der Waals surface area (Å²) in [7, 11) is 0. The molecule has 0 atom stereocenters. The SMILES string of the molecule is CCCCCCCc1ccc(C(F)=C(F)c2ccc(C)c(F)c2F)cc1. The summed E-state index contributed by atoms with van der Waals surface area (Å²) in [5, 5.41) is 0. The van der Waals surface area contributed by atoms with E-state index in [4.69, 9.17) is 0 Å². The van der Waals surface area contributed by atoms with E-state index >= 15 is 0 Å². The predicted octanol–water partition coefficient (Wildman–Crippen LogP) is 7.55. The zero-order valence-corrected chi connectivity index (χ0v) is 15.2. The van der Waals surface area contributed by atoms with Crippen molar-refractivity contribution in [3.8, 4) is 0 Å². The van der Waals surface area contributed by atoms with E-state index in [2.05, 4.69) is 6.92 Å². The lowest BCUT2D eigenvalue weighted by Crippen LogP contribution is -1.96. The molecule has 0 bridgehead atoms. The molecule has 0 heterocycles. The second kappa shape index (κ2) is 9.56. The molecular weight excluding hydrogens is 340 g/mol. The maximum atomic E-state index is 14.4. The summed E-state index contributed by atoms with van der Waals surface area (Å²) in [6.45, 7) is 3.53. The van der Waals surface area contributed by atoms with Crippen LogP contribution in [-0.4, -0.2) is 0 Å². The van der Waals surface area contributed by atoms with Crippen LogP contribution in [0.2, 0.25) is 0 Å². The minimum atomic E-state index is -1.39. The Morgan fingerprint density at radius 1 is 0.769 bits per heavy atom. The third kappa shape index (κ3) is 4.96. The van der Waals surface area contributed by atoms with E-state index in [0.717, 1.165) is 30.9 Å². The van der Waals surface area contributed by atoms with Crippen LogP contribution in [0.4, 0.5) is 17.6 Å². The molecule has 0 saturated carbocycles. The minimum Gasteiger partial charge on any atom is -0.203 e. The highest BCUT2D eigenvalue weighted by Gasteiger charge is 2.19. The number of halogens is 4. The molecule has 2 aromatic rings. The lowest BCUT2D eigenvalue weighted by Gasteiger charge is -2.07. The van der Waals surface area contributed by atoms with Gasteiger partial charge in [-0.15, -0.1) is 0 Å². The molecule has 0 N–H and O–H groups in total. The summed E-state index contributed by atoms with van der Waals surface area (Å²) < 4.78 is 56.1. The van der Waals surface area contributed by atoms with Crippen molar-refractivity contribution in [3.05, 3.63) is 70.3 Å². The van der Waals surface area contributed by atoms with Gasteiger partial charge in [-0.2, -0.15) is 0 Å². The zero-order valence-electron chi connectivity index (χ0n) is 15.2. The molecule has 2 rings (SSSR count). The Balaban J connectivity index is 2.12. The molecular formula is C22H24F4. The Hall–Kier alpha value is -2.10. The van der Waals surface area contributed by atoms with Gasteiger partial charge in [0.05, 0.1) is 5.56 Å². The first-order valence-electron chi connectivity index (χ1n) is 9.05. The first kappa shape index (κ1) is 20.2. The second-order valence-electron chi connectivity index (χ2n) is 6.55. The normalized spacial score (nSPS) is 12.2. The van der Waals surface area contributed by atoms with E-state index in [-0.39, 0.29) is 11.1 Å². The molecule has 0 aliphatic carbocycles. The van der Waals surface area contributed by atoms with Crippen LogP contribution in [-0.2, 0) is 6.42 Å². The Morgan fingerprint density at radius 3 is 2.08 bits per heavy atom. The van der Waals surface area contributed by atoms with Crippen molar-refractivity contribution in [2.45, 2.75) is 52.4 Å². The van der Waals surface area contributed by atoms with Crippen molar-refractivity contribution in [2.75, 3.05) is 0 Å². The van der Waals surface area contributed by atoms with Crippen LogP contribution >= 0.6 is 0 Å². The molecule has 0 aliphatic rings. The summed E-state index contributed by atoms with van der Waals surface area (Å²) in [6, 6.07) is 8.70. The molecule has 2 aromatic carbocycles. The highest BCUT2D eigenvalue weighted by molar-refractivity contribution is 5.83. The van der Waals surface area contributed by atoms with Gasteiger partial charge in [-0.05, 0) is 37.0 Å². The summed E-state index contributed by atoms with van der Waals surface area (Å²) in [5.41, 5.74) is 0.400. The molecule has 0 unspecified atom stereocenters. The number of hydrogen-bond acceptors (Lipinski definition) is 0. The number of hydrogen-bond donors (Lipinski definition) is 0. The maximum Gasteiger partial charge on any atom is 0.169 e. The van der Waals surface area contributed by atoms with E-state index in [1.165, 1.54) is 44.4 Å². The molecule has 0 saturated heterocycles. The Kier molecular flexibility index (Phi) is 7.43. The van der Waals surface area contributed by atoms with Crippen LogP contribution in [0.15, 0.2) is 36.4 Å². The van der Waals surface area contributed by atoms with Crippen molar-refractivity contribution in [3.63, 3.8) is 0 Å². The Labute approximate surface area is 152 Å². The van der Waals surface area contributed by atoms with Crippen molar-refractivity contribution in [1.29, 1.82) is 0 Å². The fourth-order valence-corrected chi connectivity index (χ4v) is 2.81. The average Bonchev–Trinajstić information content (AvgIpc) is 2.65. The first-order chi connectivity index (χ1) is 12.5. The fourth-order valence-electron chi connectivity index (χ4n) is 2.81. The first-order valence-corrected chi connectivity index (χ1v) is 9.05. The average molecular weight is 364 g/mol. The van der Waals surface area contributed by atoms with Crippen molar-refractivity contribution >= 4 is 11.7 Å². The van der Waals surface area contributed by atoms with Gasteiger partial charge in [-0.3, -0.25) is 0 Å². The highest BCUT2D eigenvalue weighted by Crippen LogP contribution is 2.31. The number of rotatable bonds is 8. The molecule has 26 heavy (non-hydrogen) atoms. The molecule has 0 nitrogen and oxygen atoms in total. The summed E-state index contributed by atoms with van der Waals surface area (Å²) in [4.78, 5) is 0. The van der Waals surface area contributed by atoms with Crippen molar-refractivity contribution in [1.82, 2.24) is 0 Å². The van der Waals surface area contributed by atoms with Crippen molar-refractivity contribution < 1.29 is 17.6 Å². The standard InChI is InChI=1S/C22H24F4/c1-3-4-5-6-7-8-16-10-12-17(13-11-16)20(24)22(26)18-14-9-15(2)19(23)21(18)25/h9-14H,3-8H2,1-2H3. The summed E-state index contributed by atoms with van der Waals surface area (Å²) in [5.74, 6) is -5.12. The molecule has 0 amide bonds. The molecule has 140 valence electrons. The summed E-state index contributed by atoms with van der Waals surface area (Å²) in [6.07, 6.45) is 6.71. The number of aryl methyl sites for hydroxylation is 2. The predicted molar refractivity (Wildman–Crippen MR) is 99.0 cm³/mol. The second-order valence-corrected chi connectivity index (χ2v) is 6.55. The molecule has 0 fully saturated rings. The molecule has 0 aromatic heterocycles. The van der Waals surface area contributed by atoms with Crippen LogP contribution in [0.25, 0.3) is 11.7 Å². The third-order valence-electron chi connectivity index (χ3n) is 4.48.